The highest BCUT2D eigenvalue weighted by atomic mass is 32.1. The zero-order chi connectivity index (χ0) is 38.9. The third kappa shape index (κ3) is 5.53. The number of hydrogen-bond acceptors (Lipinski definition) is 4. The second-order valence-corrected chi connectivity index (χ2v) is 16.1. The normalized spacial score (nSPS) is 11.7. The SMILES string of the molecule is c1ccc(-c2nc(-c3ccc(-c4cccc(-c5cc6c7ccccc7c7ccccc7c6c6ccccc56)c4)cc3)nc(-c3cccc4c3sc3ccccc34)n2)cc1. The van der Waals surface area contributed by atoms with Crippen molar-refractivity contribution in [1.29, 1.82) is 0 Å². The van der Waals surface area contributed by atoms with Crippen LogP contribution >= 0.6 is 11.3 Å². The van der Waals surface area contributed by atoms with Crippen LogP contribution in [0.2, 0.25) is 0 Å². The van der Waals surface area contributed by atoms with E-state index in [4.69, 9.17) is 15.0 Å². The van der Waals surface area contributed by atoms with Crippen LogP contribution in [0.5, 0.6) is 0 Å². The summed E-state index contributed by atoms with van der Waals surface area (Å²) in [4.78, 5) is 15.3. The second-order valence-electron chi connectivity index (χ2n) is 15.1. The first-order chi connectivity index (χ1) is 29.2. The van der Waals surface area contributed by atoms with Crippen molar-refractivity contribution in [1.82, 2.24) is 15.0 Å². The van der Waals surface area contributed by atoms with Crippen LogP contribution in [-0.2, 0) is 0 Å². The average molecular weight is 768 g/mol. The van der Waals surface area contributed by atoms with Crippen LogP contribution in [0, 0.1) is 0 Å². The van der Waals surface area contributed by atoms with Crippen LogP contribution in [0.3, 0.4) is 0 Å². The van der Waals surface area contributed by atoms with Crippen LogP contribution < -0.4 is 0 Å². The molecule has 0 saturated heterocycles. The van der Waals surface area contributed by atoms with E-state index in [0.717, 1.165) is 27.8 Å². The predicted octanol–water partition coefficient (Wildman–Crippen LogP) is 15.2. The zero-order valence-corrected chi connectivity index (χ0v) is 32.6. The van der Waals surface area contributed by atoms with E-state index in [1.165, 1.54) is 74.4 Å². The Bertz CT molecular complexity index is 3610. The molecule has 0 spiro atoms. The molecule has 12 rings (SSSR count). The summed E-state index contributed by atoms with van der Waals surface area (Å²) in [7, 11) is 0. The molecular formula is C55H33N3S. The highest BCUT2D eigenvalue weighted by Gasteiger charge is 2.18. The van der Waals surface area contributed by atoms with Gasteiger partial charge in [0, 0.05) is 36.9 Å². The van der Waals surface area contributed by atoms with Gasteiger partial charge in [0.15, 0.2) is 17.5 Å². The Hall–Kier alpha value is -7.53. The Morgan fingerprint density at radius 2 is 0.763 bits per heavy atom. The van der Waals surface area contributed by atoms with Crippen LogP contribution in [0.15, 0.2) is 200 Å². The molecule has 0 bridgehead atoms. The Morgan fingerprint density at radius 3 is 1.51 bits per heavy atom. The third-order valence-corrected chi connectivity index (χ3v) is 12.9. The fourth-order valence-corrected chi connectivity index (χ4v) is 10.2. The summed E-state index contributed by atoms with van der Waals surface area (Å²) in [5.74, 6) is 1.98. The molecule has 59 heavy (non-hydrogen) atoms. The van der Waals surface area contributed by atoms with Gasteiger partial charge in [-0.05, 0) is 89.6 Å². The molecule has 0 atom stereocenters. The summed E-state index contributed by atoms with van der Waals surface area (Å²) < 4.78 is 2.43. The van der Waals surface area contributed by atoms with Crippen molar-refractivity contribution >= 4 is 74.6 Å². The topological polar surface area (TPSA) is 38.7 Å². The lowest BCUT2D eigenvalue weighted by molar-refractivity contribution is 1.08. The van der Waals surface area contributed by atoms with Gasteiger partial charge in [0.25, 0.3) is 0 Å². The molecule has 0 saturated carbocycles. The van der Waals surface area contributed by atoms with E-state index >= 15 is 0 Å². The molecule has 0 N–H and O–H groups in total. The fraction of sp³-hybridized carbons (Fsp3) is 0. The first kappa shape index (κ1) is 33.6. The van der Waals surface area contributed by atoms with E-state index in [2.05, 4.69) is 182 Å². The molecule has 4 heteroatoms. The maximum Gasteiger partial charge on any atom is 0.165 e. The van der Waals surface area contributed by atoms with Crippen LogP contribution in [-0.4, -0.2) is 15.0 Å². The highest BCUT2D eigenvalue weighted by Crippen LogP contribution is 2.44. The Kier molecular flexibility index (Phi) is 7.72. The molecular weight excluding hydrogens is 735 g/mol. The van der Waals surface area contributed by atoms with Crippen molar-refractivity contribution in [3.63, 3.8) is 0 Å². The zero-order valence-electron chi connectivity index (χ0n) is 31.8. The summed E-state index contributed by atoms with van der Waals surface area (Å²) >= 11 is 1.79. The maximum absolute atomic E-state index is 5.15. The Labute approximate surface area is 344 Å². The molecule has 2 aromatic heterocycles. The molecule has 0 unspecified atom stereocenters. The van der Waals surface area contributed by atoms with Gasteiger partial charge in [-0.3, -0.25) is 0 Å². The first-order valence-corrected chi connectivity index (χ1v) is 20.8. The smallest absolute Gasteiger partial charge is 0.165 e. The minimum absolute atomic E-state index is 0.648. The Morgan fingerprint density at radius 1 is 0.271 bits per heavy atom. The van der Waals surface area contributed by atoms with Gasteiger partial charge in [-0.2, -0.15) is 0 Å². The van der Waals surface area contributed by atoms with Crippen molar-refractivity contribution in [3.8, 4) is 56.4 Å². The van der Waals surface area contributed by atoms with Gasteiger partial charge >= 0.3 is 0 Å². The summed E-state index contributed by atoms with van der Waals surface area (Å²) in [6, 6.07) is 71.7. The van der Waals surface area contributed by atoms with Gasteiger partial charge in [-0.25, -0.2) is 15.0 Å². The molecule has 10 aromatic carbocycles. The van der Waals surface area contributed by atoms with E-state index < -0.39 is 0 Å². The average Bonchev–Trinajstić information content (AvgIpc) is 3.70. The van der Waals surface area contributed by atoms with Gasteiger partial charge in [-0.15, -0.1) is 11.3 Å². The molecule has 2 heterocycles. The minimum Gasteiger partial charge on any atom is -0.208 e. The van der Waals surface area contributed by atoms with Crippen LogP contribution in [0.4, 0.5) is 0 Å². The van der Waals surface area contributed by atoms with Crippen molar-refractivity contribution in [3.05, 3.63) is 200 Å². The van der Waals surface area contributed by atoms with E-state index in [9.17, 15) is 0 Å². The fourth-order valence-electron chi connectivity index (χ4n) is 8.95. The van der Waals surface area contributed by atoms with Crippen molar-refractivity contribution in [2.75, 3.05) is 0 Å². The minimum atomic E-state index is 0.648. The van der Waals surface area contributed by atoms with E-state index in [0.29, 0.717) is 17.5 Å². The van der Waals surface area contributed by atoms with Gasteiger partial charge in [-0.1, -0.05) is 176 Å². The summed E-state index contributed by atoms with van der Waals surface area (Å²) in [5, 5.41) is 12.7. The van der Waals surface area contributed by atoms with Crippen LogP contribution in [0.25, 0.3) is 120 Å². The second kappa shape index (κ2) is 13.6. The Balaban J connectivity index is 0.973. The number of thiophene rings is 1. The maximum atomic E-state index is 5.15. The summed E-state index contributed by atoms with van der Waals surface area (Å²) in [6.07, 6.45) is 0. The van der Waals surface area contributed by atoms with E-state index in [-0.39, 0.29) is 0 Å². The van der Waals surface area contributed by atoms with E-state index in [1.807, 2.05) is 18.2 Å². The summed E-state index contributed by atoms with van der Waals surface area (Å²) in [6.45, 7) is 0. The molecule has 3 nitrogen and oxygen atoms in total. The standard InChI is InChI=1S/C55H33N3S/c1-2-14-35(15-3-1)53-56-54(58-55(57-53)47-26-13-25-46-43-22-10-11-27-50(43)59-52(46)47)36-30-28-34(29-31-36)37-16-12-17-38(32-37)48-33-49-41-20-5-4-18-39(41)40-19-6-8-23-44(40)51(49)45-24-9-7-21-42(45)48/h1-33H. The number of aromatic nitrogens is 3. The number of nitrogens with zero attached hydrogens (tertiary/aromatic N) is 3. The first-order valence-electron chi connectivity index (χ1n) is 19.9. The predicted molar refractivity (Wildman–Crippen MR) is 250 cm³/mol. The van der Waals surface area contributed by atoms with Gasteiger partial charge in [0.1, 0.15) is 0 Å². The quantitative estimate of drug-likeness (QED) is 0.164. The van der Waals surface area contributed by atoms with Crippen molar-refractivity contribution < 1.29 is 0 Å². The molecule has 12 aromatic rings. The third-order valence-electron chi connectivity index (χ3n) is 11.7. The number of benzene rings is 10. The molecule has 274 valence electrons. The van der Waals surface area contributed by atoms with Gasteiger partial charge in [0.05, 0.1) is 0 Å². The number of fused-ring (bicyclic) bond motifs is 11. The highest BCUT2D eigenvalue weighted by molar-refractivity contribution is 7.26. The number of hydrogen-bond donors (Lipinski definition) is 0. The molecule has 0 aliphatic carbocycles. The lowest BCUT2D eigenvalue weighted by atomic mass is 9.87. The largest absolute Gasteiger partial charge is 0.208 e. The molecule has 0 amide bonds. The molecule has 0 radical (unpaired) electrons. The van der Waals surface area contributed by atoms with Crippen molar-refractivity contribution in [2.45, 2.75) is 0 Å². The van der Waals surface area contributed by atoms with Gasteiger partial charge < -0.3 is 0 Å². The monoisotopic (exact) mass is 767 g/mol. The molecule has 0 fully saturated rings. The van der Waals surface area contributed by atoms with E-state index in [1.54, 1.807) is 11.3 Å². The number of rotatable bonds is 5. The summed E-state index contributed by atoms with van der Waals surface area (Å²) in [5.41, 5.74) is 7.61. The lowest BCUT2D eigenvalue weighted by Crippen LogP contribution is -2.00. The van der Waals surface area contributed by atoms with Crippen LogP contribution in [0.1, 0.15) is 0 Å². The van der Waals surface area contributed by atoms with Crippen molar-refractivity contribution in [2.24, 2.45) is 0 Å². The van der Waals surface area contributed by atoms with Gasteiger partial charge in [0.2, 0.25) is 0 Å². The molecule has 0 aliphatic rings. The lowest BCUT2D eigenvalue weighted by Gasteiger charge is -2.16. The molecule has 0 aliphatic heterocycles.